The number of oxazole rings is 1. The molecule has 3 rings (SSSR count). The van der Waals surface area contributed by atoms with Gasteiger partial charge in [-0.25, -0.2) is 4.98 Å². The Morgan fingerprint density at radius 3 is 2.86 bits per heavy atom. The van der Waals surface area contributed by atoms with E-state index >= 15 is 0 Å². The predicted octanol–water partition coefficient (Wildman–Crippen LogP) is 3.26. The summed E-state index contributed by atoms with van der Waals surface area (Å²) in [4.78, 5) is 8.72. The van der Waals surface area contributed by atoms with E-state index in [1.54, 1.807) is 6.20 Å². The van der Waals surface area contributed by atoms with Gasteiger partial charge in [-0.3, -0.25) is 5.32 Å². The quantitative estimate of drug-likeness (QED) is 0.910. The van der Waals surface area contributed by atoms with Crippen molar-refractivity contribution in [2.75, 3.05) is 0 Å². The molecule has 0 amide bonds. The number of nitrogens with zero attached hydrogens (tertiary/aromatic N) is 3. The molecular formula is C15H22N4O2. The lowest BCUT2D eigenvalue weighted by molar-refractivity contribution is 0.323. The molecule has 6 nitrogen and oxygen atoms in total. The molecule has 114 valence electrons. The Morgan fingerprint density at radius 2 is 2.14 bits per heavy atom. The summed E-state index contributed by atoms with van der Waals surface area (Å²) in [6.07, 6.45) is 7.94. The zero-order valence-corrected chi connectivity index (χ0v) is 12.6. The first kappa shape index (κ1) is 14.3. The predicted molar refractivity (Wildman–Crippen MR) is 76.6 cm³/mol. The maximum absolute atomic E-state index is 5.43. The molecule has 0 radical (unpaired) electrons. The fraction of sp³-hybridized carbons (Fsp3) is 0.667. The van der Waals surface area contributed by atoms with E-state index in [0.29, 0.717) is 24.2 Å². The Kier molecular flexibility index (Phi) is 4.34. The van der Waals surface area contributed by atoms with Gasteiger partial charge in [0.05, 0.1) is 18.8 Å². The normalized spacial score (nSPS) is 18.0. The molecule has 0 bridgehead atoms. The summed E-state index contributed by atoms with van der Waals surface area (Å²) in [5.74, 6) is 3.46. The minimum Gasteiger partial charge on any atom is -0.445 e. The minimum absolute atomic E-state index is 0.0120. The smallest absolute Gasteiger partial charge is 0.243 e. The van der Waals surface area contributed by atoms with Crippen LogP contribution in [0.4, 0.5) is 0 Å². The highest BCUT2D eigenvalue weighted by atomic mass is 16.5. The second-order valence-electron chi connectivity index (χ2n) is 5.79. The fourth-order valence-electron chi connectivity index (χ4n) is 2.76. The average molecular weight is 290 g/mol. The standard InChI is InChI=1S/C15H22N4O2/c1-10-8-17-13(20-10)9-16-11(2)15-18-14(19-21-15)12-6-4-3-5-7-12/h8,11-12,16H,3-7,9H2,1-2H3/t11-/m1/s1. The largest absolute Gasteiger partial charge is 0.445 e. The van der Waals surface area contributed by atoms with Gasteiger partial charge < -0.3 is 8.94 Å². The molecule has 2 aromatic rings. The van der Waals surface area contributed by atoms with Crippen LogP contribution in [0, 0.1) is 6.92 Å². The van der Waals surface area contributed by atoms with Gasteiger partial charge in [0, 0.05) is 5.92 Å². The second kappa shape index (κ2) is 6.39. The minimum atomic E-state index is -0.0120. The highest BCUT2D eigenvalue weighted by molar-refractivity contribution is 4.99. The molecule has 0 spiro atoms. The third-order valence-corrected chi connectivity index (χ3v) is 4.03. The Bertz CT molecular complexity index is 572. The Morgan fingerprint density at radius 1 is 1.33 bits per heavy atom. The number of hydrogen-bond donors (Lipinski definition) is 1. The van der Waals surface area contributed by atoms with E-state index in [4.69, 9.17) is 8.94 Å². The maximum atomic E-state index is 5.43. The monoisotopic (exact) mass is 290 g/mol. The van der Waals surface area contributed by atoms with Crippen molar-refractivity contribution in [3.8, 4) is 0 Å². The van der Waals surface area contributed by atoms with Gasteiger partial charge in [0.1, 0.15) is 5.76 Å². The molecule has 1 aliphatic carbocycles. The number of hydrogen-bond acceptors (Lipinski definition) is 6. The summed E-state index contributed by atoms with van der Waals surface area (Å²) >= 11 is 0. The lowest BCUT2D eigenvalue weighted by atomic mass is 9.89. The van der Waals surface area contributed by atoms with E-state index in [1.807, 2.05) is 13.8 Å². The van der Waals surface area contributed by atoms with Crippen LogP contribution < -0.4 is 5.32 Å². The topological polar surface area (TPSA) is 77.0 Å². The third-order valence-electron chi connectivity index (χ3n) is 4.03. The summed E-state index contributed by atoms with van der Waals surface area (Å²) < 4.78 is 10.8. The molecule has 2 aromatic heterocycles. The first-order valence-electron chi connectivity index (χ1n) is 7.70. The van der Waals surface area contributed by atoms with E-state index in [2.05, 4.69) is 20.4 Å². The van der Waals surface area contributed by atoms with E-state index in [9.17, 15) is 0 Å². The lowest BCUT2D eigenvalue weighted by Crippen LogP contribution is -2.18. The van der Waals surface area contributed by atoms with Crippen LogP contribution in [0.2, 0.25) is 0 Å². The fourth-order valence-corrected chi connectivity index (χ4v) is 2.76. The Balaban J connectivity index is 1.57. The number of rotatable bonds is 5. The van der Waals surface area contributed by atoms with Crippen molar-refractivity contribution in [1.29, 1.82) is 0 Å². The lowest BCUT2D eigenvalue weighted by Gasteiger charge is -2.17. The van der Waals surface area contributed by atoms with Crippen molar-refractivity contribution in [2.45, 2.75) is 64.5 Å². The summed E-state index contributed by atoms with van der Waals surface area (Å²) in [5.41, 5.74) is 0. The van der Waals surface area contributed by atoms with Crippen LogP contribution in [0.1, 0.15) is 74.4 Å². The van der Waals surface area contributed by atoms with E-state index in [1.165, 1.54) is 32.1 Å². The van der Waals surface area contributed by atoms with Gasteiger partial charge >= 0.3 is 0 Å². The molecule has 0 unspecified atom stereocenters. The molecule has 0 aliphatic heterocycles. The Labute approximate surface area is 124 Å². The number of nitrogens with one attached hydrogen (secondary N) is 1. The molecule has 0 saturated heterocycles. The van der Waals surface area contributed by atoms with Crippen LogP contribution in [0.15, 0.2) is 15.1 Å². The molecule has 6 heteroatoms. The molecule has 2 heterocycles. The van der Waals surface area contributed by atoms with Crippen LogP contribution in [0.5, 0.6) is 0 Å². The van der Waals surface area contributed by atoms with Crippen molar-refractivity contribution < 1.29 is 8.94 Å². The maximum Gasteiger partial charge on any atom is 0.243 e. The SMILES string of the molecule is Cc1cnc(CN[C@H](C)c2nc(C3CCCCC3)no2)o1. The van der Waals surface area contributed by atoms with Crippen LogP contribution in [0.25, 0.3) is 0 Å². The first-order chi connectivity index (χ1) is 10.2. The van der Waals surface area contributed by atoms with Crippen molar-refractivity contribution in [3.63, 3.8) is 0 Å². The molecule has 1 fully saturated rings. The van der Waals surface area contributed by atoms with Crippen LogP contribution >= 0.6 is 0 Å². The molecule has 21 heavy (non-hydrogen) atoms. The van der Waals surface area contributed by atoms with Gasteiger partial charge in [0.2, 0.25) is 11.8 Å². The van der Waals surface area contributed by atoms with Gasteiger partial charge in [-0.1, -0.05) is 24.4 Å². The van der Waals surface area contributed by atoms with Gasteiger partial charge in [0.25, 0.3) is 0 Å². The molecule has 1 saturated carbocycles. The summed E-state index contributed by atoms with van der Waals surface area (Å²) in [7, 11) is 0. The zero-order chi connectivity index (χ0) is 14.7. The van der Waals surface area contributed by atoms with Crippen molar-refractivity contribution in [1.82, 2.24) is 20.4 Å². The molecular weight excluding hydrogens is 268 g/mol. The van der Waals surface area contributed by atoms with Crippen LogP contribution in [0.3, 0.4) is 0 Å². The molecule has 1 aliphatic rings. The number of aryl methyl sites for hydroxylation is 1. The van der Waals surface area contributed by atoms with Gasteiger partial charge in [-0.2, -0.15) is 4.98 Å². The van der Waals surface area contributed by atoms with Gasteiger partial charge in [-0.05, 0) is 26.7 Å². The van der Waals surface area contributed by atoms with Gasteiger partial charge in [-0.15, -0.1) is 0 Å². The van der Waals surface area contributed by atoms with E-state index in [0.717, 1.165) is 11.6 Å². The molecule has 1 N–H and O–H groups in total. The highest BCUT2D eigenvalue weighted by Crippen LogP contribution is 2.31. The van der Waals surface area contributed by atoms with Crippen LogP contribution in [-0.4, -0.2) is 15.1 Å². The summed E-state index contributed by atoms with van der Waals surface area (Å²) in [6, 6.07) is -0.0120. The average Bonchev–Trinajstić information content (AvgIpc) is 3.15. The van der Waals surface area contributed by atoms with Crippen molar-refractivity contribution in [2.24, 2.45) is 0 Å². The second-order valence-corrected chi connectivity index (χ2v) is 5.79. The third kappa shape index (κ3) is 3.50. The van der Waals surface area contributed by atoms with Crippen LogP contribution in [-0.2, 0) is 6.54 Å². The number of aromatic nitrogens is 3. The van der Waals surface area contributed by atoms with E-state index < -0.39 is 0 Å². The summed E-state index contributed by atoms with van der Waals surface area (Å²) in [6.45, 7) is 4.44. The highest BCUT2D eigenvalue weighted by Gasteiger charge is 2.22. The Hall–Kier alpha value is -1.69. The zero-order valence-electron chi connectivity index (χ0n) is 12.6. The molecule has 1 atom stereocenters. The van der Waals surface area contributed by atoms with Crippen molar-refractivity contribution >= 4 is 0 Å². The van der Waals surface area contributed by atoms with Gasteiger partial charge in [0.15, 0.2) is 5.82 Å². The summed E-state index contributed by atoms with van der Waals surface area (Å²) in [5, 5.41) is 7.45. The first-order valence-corrected chi connectivity index (χ1v) is 7.70. The molecule has 0 aromatic carbocycles. The van der Waals surface area contributed by atoms with Crippen molar-refractivity contribution in [3.05, 3.63) is 29.6 Å². The van der Waals surface area contributed by atoms with E-state index in [-0.39, 0.29) is 6.04 Å².